The molecule has 0 aliphatic carbocycles. The number of nitrogens with one attached hydrogen (secondary N) is 1. The van der Waals surface area contributed by atoms with Crippen LogP contribution in [0.5, 0.6) is 0 Å². The fraction of sp³-hybridized carbons (Fsp3) is 0.257. The summed E-state index contributed by atoms with van der Waals surface area (Å²) in [6.07, 6.45) is 0.969. The van der Waals surface area contributed by atoms with Crippen molar-refractivity contribution in [2.24, 2.45) is 0 Å². The lowest BCUT2D eigenvalue weighted by Crippen LogP contribution is -2.54. The number of halogens is 1. The minimum atomic E-state index is -4.18. The molecule has 9 heteroatoms. The molecule has 2 unspecified atom stereocenters. The van der Waals surface area contributed by atoms with Crippen LogP contribution in [0.1, 0.15) is 37.0 Å². The monoisotopic (exact) mass is 631 g/mol. The molecule has 0 fully saturated rings. The number of aryl methyl sites for hydroxylation is 1. The first-order valence-corrected chi connectivity index (χ1v) is 16.4. The van der Waals surface area contributed by atoms with E-state index in [0.29, 0.717) is 11.4 Å². The second-order valence-corrected chi connectivity index (χ2v) is 13.1. The van der Waals surface area contributed by atoms with Gasteiger partial charge in [-0.25, -0.2) is 8.42 Å². The molecule has 7 nitrogen and oxygen atoms in total. The number of nitrogens with zero attached hydrogens (tertiary/aromatic N) is 2. The van der Waals surface area contributed by atoms with Crippen LogP contribution in [0.25, 0.3) is 0 Å². The number of hydrogen-bond acceptors (Lipinski definition) is 4. The highest BCUT2D eigenvalue weighted by molar-refractivity contribution is 7.92. The zero-order valence-corrected chi connectivity index (χ0v) is 26.8. The van der Waals surface area contributed by atoms with Crippen LogP contribution in [0.4, 0.5) is 5.69 Å². The quantitative estimate of drug-likeness (QED) is 0.185. The molecule has 0 aliphatic heterocycles. The van der Waals surface area contributed by atoms with E-state index < -0.39 is 28.5 Å². The highest BCUT2D eigenvalue weighted by atomic mass is 35.5. The van der Waals surface area contributed by atoms with Gasteiger partial charge in [-0.2, -0.15) is 0 Å². The highest BCUT2D eigenvalue weighted by Crippen LogP contribution is 2.27. The van der Waals surface area contributed by atoms with Gasteiger partial charge >= 0.3 is 0 Å². The van der Waals surface area contributed by atoms with Crippen molar-refractivity contribution in [3.63, 3.8) is 0 Å². The summed E-state index contributed by atoms with van der Waals surface area (Å²) in [7, 11) is -4.18. The number of hydrogen-bond donors (Lipinski definition) is 1. The van der Waals surface area contributed by atoms with Crippen LogP contribution < -0.4 is 9.62 Å². The number of anilines is 1. The average Bonchev–Trinajstić information content (AvgIpc) is 3.02. The second-order valence-electron chi connectivity index (χ2n) is 10.8. The van der Waals surface area contributed by atoms with E-state index in [1.807, 2.05) is 75.4 Å². The molecule has 2 amide bonds. The van der Waals surface area contributed by atoms with E-state index in [2.05, 4.69) is 5.32 Å². The first-order valence-electron chi connectivity index (χ1n) is 14.6. The Bertz CT molecular complexity index is 1670. The smallest absolute Gasteiger partial charge is 0.264 e. The van der Waals surface area contributed by atoms with Gasteiger partial charge < -0.3 is 10.2 Å². The van der Waals surface area contributed by atoms with E-state index >= 15 is 0 Å². The normalized spacial score (nSPS) is 12.6. The van der Waals surface area contributed by atoms with E-state index in [1.165, 1.54) is 23.1 Å². The summed E-state index contributed by atoms with van der Waals surface area (Å²) < 4.78 is 29.1. The van der Waals surface area contributed by atoms with Crippen molar-refractivity contribution in [2.75, 3.05) is 10.8 Å². The van der Waals surface area contributed by atoms with Gasteiger partial charge in [0.25, 0.3) is 10.0 Å². The maximum absolute atomic E-state index is 14.5. The minimum absolute atomic E-state index is 0.0355. The van der Waals surface area contributed by atoms with E-state index in [9.17, 15) is 18.0 Å². The van der Waals surface area contributed by atoms with Crippen LogP contribution >= 0.6 is 11.6 Å². The third-order valence-electron chi connectivity index (χ3n) is 7.41. The van der Waals surface area contributed by atoms with Gasteiger partial charge in [0.1, 0.15) is 12.6 Å². The SMILES string of the molecule is CCC(C)NC(=O)C(Cc1ccccc1)N(Cc1cccc(C)c1)C(=O)CN(c1cccc(Cl)c1)S(=O)(=O)c1ccccc1. The topological polar surface area (TPSA) is 86.8 Å². The Morgan fingerprint density at radius 3 is 2.11 bits per heavy atom. The third kappa shape index (κ3) is 8.49. The molecule has 0 heterocycles. The number of sulfonamides is 1. The molecule has 0 saturated carbocycles. The molecule has 4 aromatic rings. The molecule has 44 heavy (non-hydrogen) atoms. The molecule has 0 saturated heterocycles. The molecule has 0 bridgehead atoms. The summed E-state index contributed by atoms with van der Waals surface area (Å²) in [6.45, 7) is 5.42. The Hall–Kier alpha value is -4.14. The average molecular weight is 632 g/mol. The molecule has 0 aromatic heterocycles. The van der Waals surface area contributed by atoms with Crippen LogP contribution in [-0.4, -0.2) is 43.8 Å². The lowest BCUT2D eigenvalue weighted by atomic mass is 10.0. The Kier molecular flexibility index (Phi) is 11.2. The molecule has 0 radical (unpaired) electrons. The fourth-order valence-corrected chi connectivity index (χ4v) is 6.49. The minimum Gasteiger partial charge on any atom is -0.352 e. The van der Waals surface area contributed by atoms with Crippen molar-refractivity contribution >= 4 is 39.1 Å². The van der Waals surface area contributed by atoms with E-state index in [0.717, 1.165) is 21.0 Å². The maximum atomic E-state index is 14.5. The van der Waals surface area contributed by atoms with Crippen molar-refractivity contribution in [1.29, 1.82) is 0 Å². The summed E-state index contributed by atoms with van der Waals surface area (Å²) in [4.78, 5) is 29.9. The van der Waals surface area contributed by atoms with Crippen molar-refractivity contribution in [1.82, 2.24) is 10.2 Å². The summed E-state index contributed by atoms with van der Waals surface area (Å²) in [5.74, 6) is -0.823. The lowest BCUT2D eigenvalue weighted by molar-refractivity contribution is -0.140. The standard InChI is InChI=1S/C35H38ClN3O4S/c1-4-27(3)37-35(41)33(22-28-14-7-5-8-15-28)38(24-29-16-11-13-26(2)21-29)34(40)25-39(31-18-12-17-30(36)23-31)44(42,43)32-19-9-6-10-20-32/h5-21,23,27,33H,4,22,24-25H2,1-3H3,(H,37,41). The zero-order valence-electron chi connectivity index (χ0n) is 25.2. The van der Waals surface area contributed by atoms with E-state index in [4.69, 9.17) is 11.6 Å². The Morgan fingerprint density at radius 2 is 1.48 bits per heavy atom. The van der Waals surface area contributed by atoms with Crippen molar-refractivity contribution in [2.45, 2.75) is 57.1 Å². The van der Waals surface area contributed by atoms with Gasteiger partial charge in [-0.05, 0) is 61.7 Å². The summed E-state index contributed by atoms with van der Waals surface area (Å²) >= 11 is 6.28. The summed E-state index contributed by atoms with van der Waals surface area (Å²) in [6, 6.07) is 30.5. The molecule has 1 N–H and O–H groups in total. The van der Waals surface area contributed by atoms with Gasteiger partial charge in [0, 0.05) is 24.0 Å². The maximum Gasteiger partial charge on any atom is 0.264 e. The molecule has 0 aliphatic rings. The van der Waals surface area contributed by atoms with Gasteiger partial charge in [-0.1, -0.05) is 103 Å². The number of rotatable bonds is 13. The van der Waals surface area contributed by atoms with E-state index in [1.54, 1.807) is 36.4 Å². The molecule has 2 atom stereocenters. The lowest BCUT2D eigenvalue weighted by Gasteiger charge is -2.34. The van der Waals surface area contributed by atoms with Crippen LogP contribution in [0.2, 0.25) is 5.02 Å². The van der Waals surface area contributed by atoms with Gasteiger partial charge in [0.05, 0.1) is 10.6 Å². The third-order valence-corrected chi connectivity index (χ3v) is 9.44. The van der Waals surface area contributed by atoms with Crippen LogP contribution in [0, 0.1) is 6.92 Å². The van der Waals surface area contributed by atoms with Gasteiger partial charge in [-0.3, -0.25) is 13.9 Å². The zero-order chi connectivity index (χ0) is 31.7. The number of carbonyl (C=O) groups excluding carboxylic acids is 2. The van der Waals surface area contributed by atoms with Gasteiger partial charge in [0.2, 0.25) is 11.8 Å². The molecular formula is C35H38ClN3O4S. The Labute approximate surface area is 265 Å². The predicted molar refractivity (Wildman–Crippen MR) is 176 cm³/mol. The number of carbonyl (C=O) groups is 2. The number of amides is 2. The Balaban J connectivity index is 1.80. The van der Waals surface area contributed by atoms with Gasteiger partial charge in [-0.15, -0.1) is 0 Å². The first-order chi connectivity index (χ1) is 21.1. The van der Waals surface area contributed by atoms with Crippen LogP contribution in [-0.2, 0) is 32.6 Å². The van der Waals surface area contributed by atoms with Crippen LogP contribution in [0.15, 0.2) is 114 Å². The fourth-order valence-electron chi connectivity index (χ4n) is 4.88. The highest BCUT2D eigenvalue weighted by Gasteiger charge is 2.35. The molecular weight excluding hydrogens is 594 g/mol. The second kappa shape index (κ2) is 15.0. The molecule has 4 aromatic carbocycles. The Morgan fingerprint density at radius 1 is 0.841 bits per heavy atom. The number of benzene rings is 4. The summed E-state index contributed by atoms with van der Waals surface area (Å²) in [5, 5.41) is 3.38. The molecule has 0 spiro atoms. The van der Waals surface area contributed by atoms with Crippen LogP contribution in [0.3, 0.4) is 0 Å². The van der Waals surface area contributed by atoms with E-state index in [-0.39, 0.29) is 35.5 Å². The predicted octanol–water partition coefficient (Wildman–Crippen LogP) is 6.40. The largest absolute Gasteiger partial charge is 0.352 e. The van der Waals surface area contributed by atoms with Crippen molar-refractivity contribution < 1.29 is 18.0 Å². The van der Waals surface area contributed by atoms with Gasteiger partial charge in [0.15, 0.2) is 0 Å². The van der Waals surface area contributed by atoms with Crippen molar-refractivity contribution in [3.8, 4) is 0 Å². The van der Waals surface area contributed by atoms with Crippen molar-refractivity contribution in [3.05, 3.63) is 131 Å². The molecule has 4 rings (SSSR count). The first kappa shape index (κ1) is 32.8. The summed E-state index contributed by atoms with van der Waals surface area (Å²) in [5.41, 5.74) is 2.95. The molecule has 230 valence electrons.